The maximum absolute atomic E-state index is 13.6. The van der Waals surface area contributed by atoms with Crippen molar-refractivity contribution < 1.29 is 18.3 Å². The molecule has 0 unspecified atom stereocenters. The molecule has 0 saturated carbocycles. The van der Waals surface area contributed by atoms with Gasteiger partial charge >= 0.3 is 0 Å². The Morgan fingerprint density at radius 2 is 1.87 bits per heavy atom. The first kappa shape index (κ1) is 30.1. The van der Waals surface area contributed by atoms with Crippen molar-refractivity contribution in [2.75, 3.05) is 45.9 Å². The number of hydrogen-bond acceptors (Lipinski definition) is 7. The second-order valence-corrected chi connectivity index (χ2v) is 11.4. The minimum atomic E-state index is -3.76. The van der Waals surface area contributed by atoms with Crippen molar-refractivity contribution in [1.82, 2.24) is 23.7 Å². The van der Waals surface area contributed by atoms with E-state index in [1.807, 2.05) is 20.2 Å². The fourth-order valence-corrected chi connectivity index (χ4v) is 6.24. The third kappa shape index (κ3) is 6.23. The van der Waals surface area contributed by atoms with E-state index in [0.717, 1.165) is 31.4 Å². The molecule has 0 aliphatic carbocycles. The van der Waals surface area contributed by atoms with Crippen LogP contribution < -0.4 is 10.3 Å². The third-order valence-electron chi connectivity index (χ3n) is 6.69. The Kier molecular flexibility index (Phi) is 10.4. The zero-order valence-electron chi connectivity index (χ0n) is 22.3. The van der Waals surface area contributed by atoms with Gasteiger partial charge in [-0.15, -0.1) is 12.4 Å². The van der Waals surface area contributed by atoms with Crippen LogP contribution in [0.2, 0.25) is 0 Å². The highest BCUT2D eigenvalue weighted by molar-refractivity contribution is 7.89. The second kappa shape index (κ2) is 13.1. The van der Waals surface area contributed by atoms with Gasteiger partial charge in [0.2, 0.25) is 10.0 Å². The van der Waals surface area contributed by atoms with E-state index in [0.29, 0.717) is 61.6 Å². The van der Waals surface area contributed by atoms with E-state index in [4.69, 9.17) is 14.8 Å². The van der Waals surface area contributed by atoms with E-state index < -0.39 is 10.0 Å². The van der Waals surface area contributed by atoms with Gasteiger partial charge in [0.25, 0.3) is 5.56 Å². The first-order valence-electron chi connectivity index (χ1n) is 13.0. The quantitative estimate of drug-likeness (QED) is 0.365. The Bertz CT molecular complexity index is 1400. The van der Waals surface area contributed by atoms with Gasteiger partial charge in [-0.3, -0.25) is 4.79 Å². The molecule has 0 bridgehead atoms. The minimum absolute atomic E-state index is 0. The van der Waals surface area contributed by atoms with Crippen LogP contribution in [-0.2, 0) is 23.5 Å². The summed E-state index contributed by atoms with van der Waals surface area (Å²) < 4.78 is 36.4. The first-order valence-corrected chi connectivity index (χ1v) is 14.4. The van der Waals surface area contributed by atoms with Crippen LogP contribution in [0.4, 0.5) is 0 Å². The van der Waals surface area contributed by atoms with Gasteiger partial charge in [0.15, 0.2) is 0 Å². The van der Waals surface area contributed by atoms with E-state index in [-0.39, 0.29) is 35.3 Å². The van der Waals surface area contributed by atoms with Crippen LogP contribution in [0.5, 0.6) is 5.75 Å². The highest BCUT2D eigenvalue weighted by atomic mass is 35.5. The number of rotatable bonds is 11. The summed E-state index contributed by atoms with van der Waals surface area (Å²) in [5.41, 5.74) is 2.26. The molecule has 12 heteroatoms. The number of halogens is 1. The molecule has 1 aliphatic heterocycles. The van der Waals surface area contributed by atoms with Gasteiger partial charge in [-0.2, -0.15) is 4.31 Å². The molecule has 2 N–H and O–H groups in total. The number of hydrogen-bond donors (Lipinski definition) is 2. The number of aromatic amines is 1. The fraction of sp³-hybridized carbons (Fsp3) is 0.538. The van der Waals surface area contributed by atoms with E-state index in [1.165, 1.54) is 4.31 Å². The lowest BCUT2D eigenvalue weighted by Gasteiger charge is -2.33. The number of aliphatic hydroxyl groups excluding tert-OH is 1. The SMILES string of the molecule is CCCOc1ccc(S(=O)(=O)N2CCN(CCCO)CC2)cc1-c1nc2c(CCC)cn(C)c2c(=O)[nH]1.Cl. The van der Waals surface area contributed by atoms with Crippen molar-refractivity contribution in [3.63, 3.8) is 0 Å². The summed E-state index contributed by atoms with van der Waals surface area (Å²) in [7, 11) is -1.94. The average molecular weight is 568 g/mol. The summed E-state index contributed by atoms with van der Waals surface area (Å²) >= 11 is 0. The number of aromatic nitrogens is 3. The average Bonchev–Trinajstić information content (AvgIpc) is 3.21. The largest absolute Gasteiger partial charge is 0.493 e. The predicted molar refractivity (Wildman–Crippen MR) is 151 cm³/mol. The van der Waals surface area contributed by atoms with Gasteiger partial charge in [0.1, 0.15) is 17.1 Å². The molecule has 38 heavy (non-hydrogen) atoms. The van der Waals surface area contributed by atoms with E-state index in [9.17, 15) is 13.2 Å². The molecule has 0 spiro atoms. The van der Waals surface area contributed by atoms with Crippen molar-refractivity contribution >= 4 is 33.5 Å². The van der Waals surface area contributed by atoms with Crippen molar-refractivity contribution in [2.24, 2.45) is 7.05 Å². The molecule has 1 aliphatic rings. The van der Waals surface area contributed by atoms with E-state index in [2.05, 4.69) is 16.8 Å². The summed E-state index contributed by atoms with van der Waals surface area (Å²) in [6.45, 7) is 7.37. The molecule has 3 heterocycles. The molecule has 1 fully saturated rings. The molecule has 1 aromatic carbocycles. The van der Waals surface area contributed by atoms with Crippen LogP contribution in [0.1, 0.15) is 38.7 Å². The number of aliphatic hydroxyl groups is 1. The Labute approximate surface area is 230 Å². The van der Waals surface area contributed by atoms with Gasteiger partial charge in [-0.25, -0.2) is 13.4 Å². The number of sulfonamides is 1. The molecule has 0 radical (unpaired) electrons. The maximum Gasteiger partial charge on any atom is 0.275 e. The van der Waals surface area contributed by atoms with Gasteiger partial charge in [0.05, 0.1) is 22.6 Å². The zero-order valence-corrected chi connectivity index (χ0v) is 23.9. The number of nitrogens with zero attached hydrogens (tertiary/aromatic N) is 4. The van der Waals surface area contributed by atoms with Crippen LogP contribution in [-0.4, -0.2) is 83.2 Å². The molecule has 3 aromatic rings. The Morgan fingerprint density at radius 1 is 1.13 bits per heavy atom. The number of nitrogens with one attached hydrogen (secondary N) is 1. The number of H-pyrrole nitrogens is 1. The predicted octanol–water partition coefficient (Wildman–Crippen LogP) is 2.78. The van der Waals surface area contributed by atoms with Gasteiger partial charge in [-0.05, 0) is 43.0 Å². The van der Waals surface area contributed by atoms with Crippen molar-refractivity contribution in [3.05, 3.63) is 40.3 Å². The minimum Gasteiger partial charge on any atom is -0.493 e. The van der Waals surface area contributed by atoms with Crippen LogP contribution in [0.15, 0.2) is 34.1 Å². The molecule has 2 aromatic heterocycles. The summed E-state index contributed by atoms with van der Waals surface area (Å²) in [5.74, 6) is 0.767. The fourth-order valence-electron chi connectivity index (χ4n) is 4.79. The van der Waals surface area contributed by atoms with Crippen LogP contribution in [0.3, 0.4) is 0 Å². The topological polar surface area (TPSA) is 121 Å². The summed E-state index contributed by atoms with van der Waals surface area (Å²) in [4.78, 5) is 23.0. The summed E-state index contributed by atoms with van der Waals surface area (Å²) in [5, 5.41) is 9.07. The second-order valence-electron chi connectivity index (χ2n) is 9.46. The number of ether oxygens (including phenoxy) is 1. The van der Waals surface area contributed by atoms with Crippen LogP contribution in [0.25, 0.3) is 22.4 Å². The third-order valence-corrected chi connectivity index (χ3v) is 8.58. The highest BCUT2D eigenvalue weighted by Crippen LogP contribution is 2.32. The van der Waals surface area contributed by atoms with Crippen LogP contribution >= 0.6 is 12.4 Å². The highest BCUT2D eigenvalue weighted by Gasteiger charge is 2.29. The normalized spacial score (nSPS) is 15.1. The smallest absolute Gasteiger partial charge is 0.275 e. The Balaban J connectivity index is 0.00000400. The van der Waals surface area contributed by atoms with E-state index >= 15 is 0 Å². The number of piperazine rings is 1. The molecule has 0 atom stereocenters. The Morgan fingerprint density at radius 3 is 2.53 bits per heavy atom. The molecular weight excluding hydrogens is 530 g/mol. The molecule has 0 amide bonds. The summed E-state index contributed by atoms with van der Waals surface area (Å²) in [6, 6.07) is 4.77. The lowest BCUT2D eigenvalue weighted by Crippen LogP contribution is -2.48. The molecule has 4 rings (SSSR count). The Hall–Kier alpha value is -2.44. The molecular formula is C26H38ClN5O5S. The molecule has 10 nitrogen and oxygen atoms in total. The zero-order chi connectivity index (χ0) is 26.6. The lowest BCUT2D eigenvalue weighted by molar-refractivity contribution is 0.171. The van der Waals surface area contributed by atoms with Crippen LogP contribution in [0, 0.1) is 0 Å². The van der Waals surface area contributed by atoms with Gasteiger partial charge in [-0.1, -0.05) is 20.3 Å². The van der Waals surface area contributed by atoms with Crippen molar-refractivity contribution in [1.29, 1.82) is 0 Å². The standard InChI is InChI=1S/C26H37N5O5S.ClH/c1-4-7-19-18-29(3)24-23(19)27-25(28-26(24)33)21-17-20(8-9-22(21)36-16-5-2)37(34,35)31-13-11-30(12-14-31)10-6-15-32;/h8-9,17-18,32H,4-7,10-16H2,1-3H3,(H,27,28,33);1H. The lowest BCUT2D eigenvalue weighted by atomic mass is 10.1. The number of fused-ring (bicyclic) bond motifs is 1. The van der Waals surface area contributed by atoms with Crippen molar-refractivity contribution in [2.45, 2.75) is 44.4 Å². The maximum atomic E-state index is 13.6. The molecule has 210 valence electrons. The number of benzene rings is 1. The van der Waals surface area contributed by atoms with Gasteiger partial charge < -0.3 is 24.3 Å². The van der Waals surface area contributed by atoms with E-state index in [1.54, 1.807) is 22.8 Å². The van der Waals surface area contributed by atoms with Crippen molar-refractivity contribution in [3.8, 4) is 17.1 Å². The van der Waals surface area contributed by atoms with Gasteiger partial charge in [0, 0.05) is 52.6 Å². The monoisotopic (exact) mass is 567 g/mol. The molecule has 1 saturated heterocycles. The number of aryl methyl sites for hydroxylation is 2. The summed E-state index contributed by atoms with van der Waals surface area (Å²) in [6.07, 6.45) is 5.07. The first-order chi connectivity index (χ1) is 17.8.